The average molecular weight is 554 g/mol. The molecule has 1 saturated heterocycles. The third-order valence-electron chi connectivity index (χ3n) is 8.42. The number of thiazole rings is 1. The molecule has 2 atom stereocenters. The molecule has 11 heteroatoms. The van der Waals surface area contributed by atoms with E-state index in [0.717, 1.165) is 36.2 Å². The van der Waals surface area contributed by atoms with Gasteiger partial charge in [-0.25, -0.2) is 14.2 Å². The summed E-state index contributed by atoms with van der Waals surface area (Å²) in [6.45, 7) is 2.01. The second-order valence-corrected chi connectivity index (χ2v) is 11.7. The molecule has 4 aliphatic rings. The van der Waals surface area contributed by atoms with Crippen LogP contribution < -0.4 is 10.6 Å². The Balaban J connectivity index is 1.22. The van der Waals surface area contributed by atoms with E-state index in [2.05, 4.69) is 15.6 Å². The number of likely N-dealkylation sites (tertiary alicyclic amines) is 1. The van der Waals surface area contributed by atoms with Crippen LogP contribution in [0.3, 0.4) is 0 Å². The first-order valence-electron chi connectivity index (χ1n) is 13.4. The Morgan fingerprint density at radius 1 is 1.18 bits per heavy atom. The van der Waals surface area contributed by atoms with Crippen molar-refractivity contribution in [1.82, 2.24) is 15.2 Å². The van der Waals surface area contributed by atoms with Crippen LogP contribution >= 0.6 is 11.3 Å². The van der Waals surface area contributed by atoms with Gasteiger partial charge in [-0.3, -0.25) is 9.59 Å². The van der Waals surface area contributed by atoms with Crippen LogP contribution in [0.1, 0.15) is 61.5 Å². The van der Waals surface area contributed by atoms with Crippen molar-refractivity contribution in [2.24, 2.45) is 5.41 Å². The molecule has 3 saturated carbocycles. The van der Waals surface area contributed by atoms with E-state index in [-0.39, 0.29) is 43.5 Å². The van der Waals surface area contributed by atoms with Crippen molar-refractivity contribution in [2.75, 3.05) is 25.0 Å². The lowest BCUT2D eigenvalue weighted by Crippen LogP contribution is -2.59. The van der Waals surface area contributed by atoms with Crippen molar-refractivity contribution in [3.8, 4) is 17.3 Å². The van der Waals surface area contributed by atoms with E-state index in [1.807, 2.05) is 36.4 Å². The zero-order chi connectivity index (χ0) is 27.6. The highest BCUT2D eigenvalue weighted by atomic mass is 32.1. The molecule has 9 nitrogen and oxygen atoms in total. The molecule has 1 aromatic carbocycles. The third-order valence-corrected chi connectivity index (χ3v) is 9.37. The van der Waals surface area contributed by atoms with Gasteiger partial charge in [-0.2, -0.15) is 5.26 Å². The summed E-state index contributed by atoms with van der Waals surface area (Å²) in [4.78, 5) is 45.1. The largest absolute Gasteiger partial charge is 0.462 e. The highest BCUT2D eigenvalue weighted by Crippen LogP contribution is 2.53. The lowest BCUT2D eigenvalue weighted by atomic mass is 9.57. The maximum absolute atomic E-state index is 13.7. The van der Waals surface area contributed by atoms with Gasteiger partial charge in [0.2, 0.25) is 11.8 Å². The number of nitrogens with one attached hydrogen (secondary N) is 2. The Labute approximate surface area is 230 Å². The van der Waals surface area contributed by atoms with Crippen LogP contribution in [-0.4, -0.2) is 65.1 Å². The lowest BCUT2D eigenvalue weighted by Gasteiger charge is -2.52. The number of rotatable bonds is 8. The van der Waals surface area contributed by atoms with Crippen molar-refractivity contribution in [3.05, 3.63) is 35.2 Å². The Hall–Kier alpha value is -3.36. The summed E-state index contributed by atoms with van der Waals surface area (Å²) in [5, 5.41) is 16.0. The molecule has 2 N–H and O–H groups in total. The number of halogens is 1. The standard InChI is InChI=1S/C28H32FN5O4S/c1-2-38-24(36)23-22(18-6-4-3-5-7-18)32-26(39-23)33-25(37)27-8-11-28(12-9-27,13-10-27)31-16-21(35)34-17-19(29)14-20(34)15-30/h3-7,19-20,31H,2,8-14,16-17H2,1H3,(H,32,33,37)/t19-,20-,27?,28?/m0/s1. The van der Waals surface area contributed by atoms with E-state index in [9.17, 15) is 24.0 Å². The maximum atomic E-state index is 13.7. The summed E-state index contributed by atoms with van der Waals surface area (Å²) < 4.78 is 19.0. The Morgan fingerprint density at radius 3 is 2.51 bits per heavy atom. The van der Waals surface area contributed by atoms with Gasteiger partial charge >= 0.3 is 5.97 Å². The van der Waals surface area contributed by atoms with Crippen LogP contribution in [0.25, 0.3) is 11.3 Å². The highest BCUT2D eigenvalue weighted by Gasteiger charge is 2.52. The number of nitriles is 1. The molecule has 0 spiro atoms. The zero-order valence-electron chi connectivity index (χ0n) is 21.9. The van der Waals surface area contributed by atoms with Crippen LogP contribution in [-0.2, 0) is 14.3 Å². The Bertz CT molecular complexity index is 1270. The lowest BCUT2D eigenvalue weighted by molar-refractivity contribution is -0.135. The Kier molecular flexibility index (Phi) is 7.69. The molecule has 206 valence electrons. The minimum absolute atomic E-state index is 0.0321. The first-order valence-corrected chi connectivity index (χ1v) is 14.2. The first-order chi connectivity index (χ1) is 18.8. The number of carbonyl (C=O) groups is 3. The van der Waals surface area contributed by atoms with Gasteiger partial charge in [0, 0.05) is 22.9 Å². The minimum Gasteiger partial charge on any atom is -0.462 e. The number of carbonyl (C=O) groups excluding carboxylic acids is 3. The van der Waals surface area contributed by atoms with Crippen LogP contribution in [0, 0.1) is 16.7 Å². The van der Waals surface area contributed by atoms with Gasteiger partial charge in [-0.1, -0.05) is 41.7 Å². The van der Waals surface area contributed by atoms with Gasteiger partial charge in [0.15, 0.2) is 5.13 Å². The number of aromatic nitrogens is 1. The molecule has 2 bridgehead atoms. The van der Waals surface area contributed by atoms with Gasteiger partial charge in [-0.15, -0.1) is 0 Å². The molecule has 0 unspecified atom stereocenters. The van der Waals surface area contributed by atoms with Gasteiger partial charge in [-0.05, 0) is 45.4 Å². The number of hydrogen-bond acceptors (Lipinski definition) is 8. The quantitative estimate of drug-likeness (QED) is 0.472. The van der Waals surface area contributed by atoms with Gasteiger partial charge in [0.05, 0.1) is 31.5 Å². The van der Waals surface area contributed by atoms with Crippen molar-refractivity contribution < 1.29 is 23.5 Å². The number of alkyl halides is 1. The molecule has 2 amide bonds. The highest BCUT2D eigenvalue weighted by molar-refractivity contribution is 7.18. The third kappa shape index (κ3) is 5.40. The molecule has 4 fully saturated rings. The molecule has 2 heterocycles. The van der Waals surface area contributed by atoms with Crippen LogP contribution in [0.15, 0.2) is 30.3 Å². The summed E-state index contributed by atoms with van der Waals surface area (Å²) in [6.07, 6.45) is 3.12. The SMILES string of the molecule is CCOC(=O)c1sc(NC(=O)C23CCC(NCC(=O)N4C[C@@H](F)C[C@H]4C#N)(CC2)CC3)nc1-c1ccccc1. The smallest absolute Gasteiger partial charge is 0.350 e. The number of fused-ring (bicyclic) bond motifs is 3. The zero-order valence-corrected chi connectivity index (χ0v) is 22.7. The summed E-state index contributed by atoms with van der Waals surface area (Å²) in [5.41, 5.74) is 0.488. The number of benzene rings is 1. The van der Waals surface area contributed by atoms with Crippen LogP contribution in [0.2, 0.25) is 0 Å². The van der Waals surface area contributed by atoms with Crippen LogP contribution in [0.5, 0.6) is 0 Å². The number of hydrogen-bond donors (Lipinski definition) is 2. The second kappa shape index (κ2) is 11.0. The number of anilines is 1. The van der Waals surface area contributed by atoms with E-state index >= 15 is 0 Å². The molecule has 2 aromatic rings. The topological polar surface area (TPSA) is 124 Å². The fourth-order valence-electron chi connectivity index (χ4n) is 6.07. The van der Waals surface area contributed by atoms with E-state index in [0.29, 0.717) is 35.0 Å². The summed E-state index contributed by atoms with van der Waals surface area (Å²) in [7, 11) is 0. The minimum atomic E-state index is -1.16. The van der Waals surface area contributed by atoms with E-state index in [1.165, 1.54) is 4.90 Å². The van der Waals surface area contributed by atoms with E-state index < -0.39 is 23.6 Å². The number of ether oxygens (including phenoxy) is 1. The number of esters is 1. The fourth-order valence-corrected chi connectivity index (χ4v) is 6.95. The molecule has 1 aromatic heterocycles. The second-order valence-electron chi connectivity index (χ2n) is 10.7. The molecular formula is C28H32FN5O4S. The van der Waals surface area contributed by atoms with Crippen LogP contribution in [0.4, 0.5) is 9.52 Å². The summed E-state index contributed by atoms with van der Waals surface area (Å²) in [6, 6.07) is 10.6. The number of amides is 2. The molecule has 0 radical (unpaired) electrons. The summed E-state index contributed by atoms with van der Waals surface area (Å²) in [5.74, 6) is -0.824. The predicted molar refractivity (Wildman–Crippen MR) is 144 cm³/mol. The van der Waals surface area contributed by atoms with Crippen molar-refractivity contribution in [1.29, 1.82) is 5.26 Å². The first kappa shape index (κ1) is 27.2. The maximum Gasteiger partial charge on any atom is 0.350 e. The van der Waals surface area contributed by atoms with E-state index in [1.54, 1.807) is 6.92 Å². The van der Waals surface area contributed by atoms with E-state index in [4.69, 9.17) is 4.74 Å². The van der Waals surface area contributed by atoms with Crippen molar-refractivity contribution in [2.45, 2.75) is 69.6 Å². The monoisotopic (exact) mass is 553 g/mol. The molecular weight excluding hydrogens is 521 g/mol. The molecule has 3 aliphatic carbocycles. The van der Waals surface area contributed by atoms with Gasteiger partial charge in [0.25, 0.3) is 0 Å². The average Bonchev–Trinajstić information content (AvgIpc) is 3.56. The molecule has 39 heavy (non-hydrogen) atoms. The Morgan fingerprint density at radius 2 is 1.87 bits per heavy atom. The summed E-state index contributed by atoms with van der Waals surface area (Å²) >= 11 is 1.12. The molecule has 6 rings (SSSR count). The van der Waals surface area contributed by atoms with Gasteiger partial charge < -0.3 is 20.3 Å². The molecule has 1 aliphatic heterocycles. The fraction of sp³-hybridized carbons (Fsp3) is 0.536. The number of nitrogens with zero attached hydrogens (tertiary/aromatic N) is 3. The van der Waals surface area contributed by atoms with Crippen molar-refractivity contribution >= 4 is 34.3 Å². The normalized spacial score (nSPS) is 27.7. The van der Waals surface area contributed by atoms with Gasteiger partial charge in [0.1, 0.15) is 17.1 Å². The predicted octanol–water partition coefficient (Wildman–Crippen LogP) is 4.07. The van der Waals surface area contributed by atoms with Crippen molar-refractivity contribution in [3.63, 3.8) is 0 Å².